The van der Waals surface area contributed by atoms with Crippen LogP contribution in [0.4, 0.5) is 0 Å². The largest absolute Gasteiger partial charge is 0.376 e. The van der Waals surface area contributed by atoms with Crippen molar-refractivity contribution in [1.82, 2.24) is 5.32 Å². The number of hydrogen-bond acceptors (Lipinski definition) is 1. The predicted octanol–water partition coefficient (Wildman–Crippen LogP) is 2.71. The van der Waals surface area contributed by atoms with Crippen molar-refractivity contribution in [2.45, 2.75) is 25.2 Å². The summed E-state index contributed by atoms with van der Waals surface area (Å²) in [6.07, 6.45) is 5.80. The van der Waals surface area contributed by atoms with Gasteiger partial charge in [0.05, 0.1) is 0 Å². The molecule has 0 amide bonds. The maximum Gasteiger partial charge on any atom is 0.163 e. The summed E-state index contributed by atoms with van der Waals surface area (Å²) in [7, 11) is 0. The smallest absolute Gasteiger partial charge is 0.163 e. The molecule has 1 atom stereocenters. The molecule has 1 aliphatic carbocycles. The molecule has 1 unspecified atom stereocenters. The minimum atomic E-state index is 0.385. The first kappa shape index (κ1) is 12.1. The highest BCUT2D eigenvalue weighted by molar-refractivity contribution is 7.80. The molecule has 3 heteroatoms. The van der Waals surface area contributed by atoms with Gasteiger partial charge in [0, 0.05) is 6.54 Å². The number of allylic oxidation sites excluding steroid dienone is 1. The second-order valence-electron chi connectivity index (χ2n) is 4.46. The van der Waals surface area contributed by atoms with E-state index in [1.165, 1.54) is 17.6 Å². The van der Waals surface area contributed by atoms with Crippen LogP contribution < -0.4 is 11.1 Å². The molecule has 0 bridgehead atoms. The highest BCUT2D eigenvalue weighted by Gasteiger charge is 2.15. The van der Waals surface area contributed by atoms with Crippen molar-refractivity contribution < 1.29 is 0 Å². The molecule has 0 saturated heterocycles. The number of benzene rings is 1. The van der Waals surface area contributed by atoms with E-state index in [0.29, 0.717) is 11.0 Å². The second-order valence-corrected chi connectivity index (χ2v) is 4.90. The summed E-state index contributed by atoms with van der Waals surface area (Å²) in [6, 6.07) is 10.7. The molecule has 0 spiro atoms. The van der Waals surface area contributed by atoms with Crippen LogP contribution in [0.1, 0.15) is 30.7 Å². The van der Waals surface area contributed by atoms with Crippen LogP contribution >= 0.6 is 12.2 Å². The van der Waals surface area contributed by atoms with Crippen LogP contribution in [0.25, 0.3) is 0 Å². The topological polar surface area (TPSA) is 38.0 Å². The molecule has 1 aromatic carbocycles. The van der Waals surface area contributed by atoms with Gasteiger partial charge < -0.3 is 11.1 Å². The average molecular weight is 246 g/mol. The Morgan fingerprint density at radius 3 is 2.71 bits per heavy atom. The summed E-state index contributed by atoms with van der Waals surface area (Å²) < 4.78 is 0. The monoisotopic (exact) mass is 246 g/mol. The third kappa shape index (κ3) is 3.56. The van der Waals surface area contributed by atoms with E-state index in [1.54, 1.807) is 0 Å². The fraction of sp³-hybridized carbons (Fsp3) is 0.357. The van der Waals surface area contributed by atoms with Gasteiger partial charge in [0.25, 0.3) is 0 Å². The van der Waals surface area contributed by atoms with Gasteiger partial charge in [-0.1, -0.05) is 42.0 Å². The van der Waals surface area contributed by atoms with Gasteiger partial charge >= 0.3 is 0 Å². The summed E-state index contributed by atoms with van der Waals surface area (Å²) in [5.74, 6) is 0.671. The van der Waals surface area contributed by atoms with Crippen LogP contribution in [0, 0.1) is 0 Å². The Hall–Kier alpha value is -1.35. The van der Waals surface area contributed by atoms with Crippen LogP contribution in [0.2, 0.25) is 0 Å². The van der Waals surface area contributed by atoms with Gasteiger partial charge in [0.15, 0.2) is 5.11 Å². The fourth-order valence-corrected chi connectivity index (χ4v) is 2.35. The number of thiocarbonyl (C=S) groups is 1. The Balaban J connectivity index is 1.91. The van der Waals surface area contributed by atoms with Crippen LogP contribution in [0.3, 0.4) is 0 Å². The van der Waals surface area contributed by atoms with Crippen molar-refractivity contribution in [2.24, 2.45) is 5.73 Å². The zero-order valence-electron chi connectivity index (χ0n) is 9.86. The summed E-state index contributed by atoms with van der Waals surface area (Å²) in [6.45, 7) is 0.802. The van der Waals surface area contributed by atoms with Gasteiger partial charge in [-0.3, -0.25) is 0 Å². The standard InChI is InChI=1S/C14H18N2S/c15-14(17)16-10-11-6-8-13(9-7-11)12-4-2-1-3-5-12/h1-6,13H,7-10H2,(H3,15,16,17). The Labute approximate surface area is 108 Å². The van der Waals surface area contributed by atoms with Crippen LogP contribution in [-0.2, 0) is 0 Å². The zero-order chi connectivity index (χ0) is 12.1. The van der Waals surface area contributed by atoms with Gasteiger partial charge in [-0.25, -0.2) is 0 Å². The van der Waals surface area contributed by atoms with E-state index < -0.39 is 0 Å². The lowest BCUT2D eigenvalue weighted by Crippen LogP contribution is -2.31. The summed E-state index contributed by atoms with van der Waals surface area (Å²) in [4.78, 5) is 0. The van der Waals surface area contributed by atoms with Crippen LogP contribution in [0.5, 0.6) is 0 Å². The van der Waals surface area contributed by atoms with E-state index in [1.807, 2.05) is 0 Å². The van der Waals surface area contributed by atoms with E-state index in [4.69, 9.17) is 18.0 Å². The molecule has 2 nitrogen and oxygen atoms in total. The minimum Gasteiger partial charge on any atom is -0.376 e. The molecule has 17 heavy (non-hydrogen) atoms. The van der Waals surface area contributed by atoms with Crippen molar-refractivity contribution in [1.29, 1.82) is 0 Å². The number of rotatable bonds is 3. The highest BCUT2D eigenvalue weighted by atomic mass is 32.1. The zero-order valence-corrected chi connectivity index (χ0v) is 10.7. The van der Waals surface area contributed by atoms with E-state index in [9.17, 15) is 0 Å². The van der Waals surface area contributed by atoms with Crippen LogP contribution in [0.15, 0.2) is 42.0 Å². The minimum absolute atomic E-state index is 0.385. The van der Waals surface area contributed by atoms with Gasteiger partial charge in [0.2, 0.25) is 0 Å². The lowest BCUT2D eigenvalue weighted by atomic mass is 9.84. The van der Waals surface area contributed by atoms with Crippen molar-refractivity contribution in [2.75, 3.05) is 6.54 Å². The number of hydrogen-bond donors (Lipinski definition) is 2. The molecule has 0 fully saturated rings. The quantitative estimate of drug-likeness (QED) is 0.636. The van der Waals surface area contributed by atoms with Crippen molar-refractivity contribution in [3.63, 3.8) is 0 Å². The summed E-state index contributed by atoms with van der Waals surface area (Å²) in [5, 5.41) is 3.40. The first-order chi connectivity index (χ1) is 8.25. The third-order valence-electron chi connectivity index (χ3n) is 3.27. The van der Waals surface area contributed by atoms with E-state index in [-0.39, 0.29) is 0 Å². The highest BCUT2D eigenvalue weighted by Crippen LogP contribution is 2.31. The molecule has 3 N–H and O–H groups in total. The second kappa shape index (κ2) is 5.82. The van der Waals surface area contributed by atoms with Crippen molar-refractivity contribution >= 4 is 17.3 Å². The first-order valence-corrected chi connectivity index (χ1v) is 6.42. The average Bonchev–Trinajstić information content (AvgIpc) is 2.38. The lowest BCUT2D eigenvalue weighted by Gasteiger charge is -2.22. The molecular formula is C14H18N2S. The number of nitrogens with one attached hydrogen (secondary N) is 1. The maximum absolute atomic E-state index is 5.42. The summed E-state index contributed by atoms with van der Waals surface area (Å²) >= 11 is 4.80. The maximum atomic E-state index is 5.42. The molecule has 0 aliphatic heterocycles. The van der Waals surface area contributed by atoms with Gasteiger partial charge in [-0.15, -0.1) is 0 Å². The van der Waals surface area contributed by atoms with Crippen LogP contribution in [-0.4, -0.2) is 11.7 Å². The molecule has 0 aromatic heterocycles. The SMILES string of the molecule is NC(=S)NCC1=CCC(c2ccccc2)CC1. The third-order valence-corrected chi connectivity index (χ3v) is 3.41. The predicted molar refractivity (Wildman–Crippen MR) is 75.9 cm³/mol. The van der Waals surface area contributed by atoms with E-state index in [2.05, 4.69) is 41.7 Å². The fourth-order valence-electron chi connectivity index (χ4n) is 2.28. The van der Waals surface area contributed by atoms with Gasteiger partial charge in [-0.2, -0.15) is 0 Å². The molecule has 2 rings (SSSR count). The Morgan fingerprint density at radius 1 is 1.35 bits per heavy atom. The summed E-state index contributed by atoms with van der Waals surface area (Å²) in [5.41, 5.74) is 8.29. The van der Waals surface area contributed by atoms with Gasteiger partial charge in [-0.05, 0) is 43.0 Å². The normalized spacial score (nSPS) is 19.5. The molecule has 90 valence electrons. The molecular weight excluding hydrogens is 228 g/mol. The molecule has 1 aliphatic rings. The van der Waals surface area contributed by atoms with Gasteiger partial charge in [0.1, 0.15) is 0 Å². The molecule has 0 saturated carbocycles. The Morgan fingerprint density at radius 2 is 2.12 bits per heavy atom. The molecule has 0 radical (unpaired) electrons. The molecule has 0 heterocycles. The molecule has 1 aromatic rings. The number of nitrogens with two attached hydrogens (primary N) is 1. The van der Waals surface area contributed by atoms with E-state index in [0.717, 1.165) is 19.4 Å². The Bertz CT molecular complexity index is 411. The van der Waals surface area contributed by atoms with E-state index >= 15 is 0 Å². The lowest BCUT2D eigenvalue weighted by molar-refractivity contribution is 0.590. The first-order valence-electron chi connectivity index (χ1n) is 6.02. The Kier molecular flexibility index (Phi) is 4.15. The van der Waals surface area contributed by atoms with Crippen molar-refractivity contribution in [3.8, 4) is 0 Å². The van der Waals surface area contributed by atoms with Crippen molar-refractivity contribution in [3.05, 3.63) is 47.5 Å².